The summed E-state index contributed by atoms with van der Waals surface area (Å²) in [6, 6.07) is 7.24. The van der Waals surface area contributed by atoms with Crippen LogP contribution < -0.4 is 15.4 Å². The van der Waals surface area contributed by atoms with Crippen LogP contribution in [-0.4, -0.2) is 31.6 Å². The molecule has 1 heterocycles. The van der Waals surface area contributed by atoms with Crippen molar-refractivity contribution in [1.29, 1.82) is 0 Å². The summed E-state index contributed by atoms with van der Waals surface area (Å²) in [5.41, 5.74) is 0.170. The van der Waals surface area contributed by atoms with Crippen LogP contribution in [0, 0.1) is 5.41 Å². The van der Waals surface area contributed by atoms with Gasteiger partial charge in [-0.15, -0.1) is 0 Å². The van der Waals surface area contributed by atoms with Gasteiger partial charge in [-0.3, -0.25) is 4.79 Å². The fourth-order valence-electron chi connectivity index (χ4n) is 2.64. The summed E-state index contributed by atoms with van der Waals surface area (Å²) in [7, 11) is 0. The number of nitrogens with one attached hydrogen (secondary N) is 2. The number of carbonyl (C=O) groups excluding carboxylic acids is 1. The third-order valence-electron chi connectivity index (χ3n) is 4.27. The smallest absolute Gasteiger partial charge is 0.261 e. The van der Waals surface area contributed by atoms with Crippen molar-refractivity contribution < 1.29 is 9.53 Å². The molecule has 0 bridgehead atoms. The maximum atomic E-state index is 12.4. The summed E-state index contributed by atoms with van der Waals surface area (Å²) in [4.78, 5) is 12.4. The molecule has 1 amide bonds. The van der Waals surface area contributed by atoms with Crippen LogP contribution in [0.5, 0.6) is 5.75 Å². The lowest BCUT2D eigenvalue weighted by Crippen LogP contribution is -2.46. The predicted octanol–water partition coefficient (Wildman–Crippen LogP) is 3.00. The Morgan fingerprint density at radius 3 is 2.73 bits per heavy atom. The molecule has 0 spiro atoms. The summed E-state index contributed by atoms with van der Waals surface area (Å²) in [5, 5.41) is 6.92. The highest BCUT2D eigenvalue weighted by atomic mass is 35.5. The van der Waals surface area contributed by atoms with Crippen LogP contribution in [0.3, 0.4) is 0 Å². The first-order valence-corrected chi connectivity index (χ1v) is 8.31. The van der Waals surface area contributed by atoms with Gasteiger partial charge in [-0.25, -0.2) is 0 Å². The molecule has 0 radical (unpaired) electrons. The molecule has 1 aromatic rings. The molecule has 122 valence electrons. The number of rotatable bonds is 6. The number of ether oxygens (including phenoxy) is 1. The molecule has 0 saturated carbocycles. The molecule has 2 rings (SSSR count). The highest BCUT2D eigenvalue weighted by Crippen LogP contribution is 2.27. The first-order valence-electron chi connectivity index (χ1n) is 7.94. The molecule has 4 nitrogen and oxygen atoms in total. The Hall–Kier alpha value is -1.26. The van der Waals surface area contributed by atoms with E-state index in [1.165, 1.54) is 0 Å². The van der Waals surface area contributed by atoms with Crippen LogP contribution in [0.25, 0.3) is 0 Å². The zero-order chi connectivity index (χ0) is 16.0. The van der Waals surface area contributed by atoms with Gasteiger partial charge in [0.1, 0.15) is 5.75 Å². The zero-order valence-electron chi connectivity index (χ0n) is 13.3. The first kappa shape index (κ1) is 17.1. The third-order valence-corrected chi connectivity index (χ3v) is 4.58. The van der Waals surface area contributed by atoms with Crippen LogP contribution in [0.2, 0.25) is 5.02 Å². The van der Waals surface area contributed by atoms with Crippen molar-refractivity contribution >= 4 is 17.5 Å². The number of hydrogen-bond acceptors (Lipinski definition) is 3. The number of para-hydroxylation sites is 1. The molecule has 1 aliphatic rings. The van der Waals surface area contributed by atoms with E-state index in [9.17, 15) is 4.79 Å². The SMILES string of the molecule is CCC(Oc1ccccc1Cl)C(=O)NCC1(C)CCNCC1. The van der Waals surface area contributed by atoms with Crippen LogP contribution in [0.1, 0.15) is 33.1 Å². The van der Waals surface area contributed by atoms with Crippen molar-refractivity contribution in [3.05, 3.63) is 29.3 Å². The van der Waals surface area contributed by atoms with E-state index in [1.807, 2.05) is 19.1 Å². The molecular formula is C17H25ClN2O2. The first-order chi connectivity index (χ1) is 10.5. The van der Waals surface area contributed by atoms with Crippen molar-refractivity contribution in [2.45, 2.75) is 39.2 Å². The predicted molar refractivity (Wildman–Crippen MR) is 89.4 cm³/mol. The Balaban J connectivity index is 1.90. The standard InChI is InChI=1S/C17H25ClN2O2/c1-3-14(22-15-7-5-4-6-13(15)18)16(21)20-12-17(2)8-10-19-11-9-17/h4-7,14,19H,3,8-12H2,1-2H3,(H,20,21). The van der Waals surface area contributed by atoms with Crippen molar-refractivity contribution in [2.75, 3.05) is 19.6 Å². The van der Waals surface area contributed by atoms with E-state index in [-0.39, 0.29) is 11.3 Å². The molecular weight excluding hydrogens is 300 g/mol. The third kappa shape index (κ3) is 4.62. The second kappa shape index (κ2) is 7.84. The highest BCUT2D eigenvalue weighted by molar-refractivity contribution is 6.32. The van der Waals surface area contributed by atoms with Gasteiger partial charge in [0.2, 0.25) is 0 Å². The summed E-state index contributed by atoms with van der Waals surface area (Å²) in [6.07, 6.45) is 2.26. The van der Waals surface area contributed by atoms with E-state index in [2.05, 4.69) is 17.6 Å². The van der Waals surface area contributed by atoms with Gasteiger partial charge in [0, 0.05) is 6.54 Å². The molecule has 1 saturated heterocycles. The number of piperidine rings is 1. The van der Waals surface area contributed by atoms with Crippen LogP contribution in [0.15, 0.2) is 24.3 Å². The van der Waals surface area contributed by atoms with Gasteiger partial charge in [-0.05, 0) is 49.9 Å². The van der Waals surface area contributed by atoms with Crippen molar-refractivity contribution in [3.8, 4) is 5.75 Å². The molecule has 0 aliphatic carbocycles. The van der Waals surface area contributed by atoms with Crippen LogP contribution in [-0.2, 0) is 4.79 Å². The van der Waals surface area contributed by atoms with Gasteiger partial charge < -0.3 is 15.4 Å². The zero-order valence-corrected chi connectivity index (χ0v) is 14.1. The molecule has 0 aromatic heterocycles. The Labute approximate surface area is 137 Å². The minimum atomic E-state index is -0.509. The molecule has 1 aliphatic heterocycles. The minimum absolute atomic E-state index is 0.0674. The quantitative estimate of drug-likeness (QED) is 0.845. The van der Waals surface area contributed by atoms with E-state index in [0.29, 0.717) is 23.7 Å². The number of hydrogen-bond donors (Lipinski definition) is 2. The van der Waals surface area contributed by atoms with Gasteiger partial charge in [0.25, 0.3) is 5.91 Å². The molecule has 22 heavy (non-hydrogen) atoms. The summed E-state index contributed by atoms with van der Waals surface area (Å²) < 4.78 is 5.77. The number of halogens is 1. The Morgan fingerprint density at radius 2 is 2.09 bits per heavy atom. The Bertz CT molecular complexity index is 501. The van der Waals surface area contributed by atoms with E-state index in [0.717, 1.165) is 25.9 Å². The molecule has 1 aromatic carbocycles. The average molecular weight is 325 g/mol. The van der Waals surface area contributed by atoms with Gasteiger partial charge in [0.05, 0.1) is 5.02 Å². The van der Waals surface area contributed by atoms with Gasteiger partial charge in [0.15, 0.2) is 6.10 Å². The second-order valence-corrected chi connectivity index (χ2v) is 6.63. The Morgan fingerprint density at radius 1 is 1.41 bits per heavy atom. The molecule has 2 N–H and O–H groups in total. The van der Waals surface area contributed by atoms with Gasteiger partial charge in [-0.2, -0.15) is 0 Å². The monoisotopic (exact) mass is 324 g/mol. The van der Waals surface area contributed by atoms with Crippen molar-refractivity contribution in [2.24, 2.45) is 5.41 Å². The summed E-state index contributed by atoms with van der Waals surface area (Å²) >= 11 is 6.09. The van der Waals surface area contributed by atoms with E-state index >= 15 is 0 Å². The van der Waals surface area contributed by atoms with Crippen molar-refractivity contribution in [3.63, 3.8) is 0 Å². The normalized spacial score (nSPS) is 18.5. The molecule has 1 unspecified atom stereocenters. The fourth-order valence-corrected chi connectivity index (χ4v) is 2.82. The van der Waals surface area contributed by atoms with Crippen LogP contribution in [0.4, 0.5) is 0 Å². The second-order valence-electron chi connectivity index (χ2n) is 6.22. The molecule has 1 atom stereocenters. The van der Waals surface area contributed by atoms with E-state index in [1.54, 1.807) is 12.1 Å². The van der Waals surface area contributed by atoms with Crippen LogP contribution >= 0.6 is 11.6 Å². The van der Waals surface area contributed by atoms with Crippen molar-refractivity contribution in [1.82, 2.24) is 10.6 Å². The molecule has 5 heteroatoms. The Kier molecular flexibility index (Phi) is 6.09. The average Bonchev–Trinajstić information content (AvgIpc) is 2.53. The molecule has 1 fully saturated rings. The maximum Gasteiger partial charge on any atom is 0.261 e. The van der Waals surface area contributed by atoms with Gasteiger partial charge >= 0.3 is 0 Å². The topological polar surface area (TPSA) is 50.4 Å². The van der Waals surface area contributed by atoms with E-state index in [4.69, 9.17) is 16.3 Å². The lowest BCUT2D eigenvalue weighted by atomic mass is 9.81. The largest absolute Gasteiger partial charge is 0.479 e. The van der Waals surface area contributed by atoms with E-state index < -0.39 is 6.10 Å². The number of benzene rings is 1. The minimum Gasteiger partial charge on any atom is -0.479 e. The fraction of sp³-hybridized carbons (Fsp3) is 0.588. The summed E-state index contributed by atoms with van der Waals surface area (Å²) in [6.45, 7) is 6.88. The number of amides is 1. The lowest BCUT2D eigenvalue weighted by Gasteiger charge is -2.34. The van der Waals surface area contributed by atoms with Gasteiger partial charge in [-0.1, -0.05) is 37.6 Å². The number of carbonyl (C=O) groups is 1. The maximum absolute atomic E-state index is 12.4. The highest BCUT2D eigenvalue weighted by Gasteiger charge is 2.28. The summed E-state index contributed by atoms with van der Waals surface area (Å²) in [5.74, 6) is 0.487. The lowest BCUT2D eigenvalue weighted by molar-refractivity contribution is -0.128.